The van der Waals surface area contributed by atoms with Gasteiger partial charge in [0.2, 0.25) is 0 Å². The molecular weight excluding hydrogens is 302 g/mol. The van der Waals surface area contributed by atoms with Crippen molar-refractivity contribution in [1.29, 1.82) is 0 Å². The first kappa shape index (κ1) is 13.1. The summed E-state index contributed by atoms with van der Waals surface area (Å²) in [6.45, 7) is 0. The van der Waals surface area contributed by atoms with Gasteiger partial charge in [0.25, 0.3) is 0 Å². The van der Waals surface area contributed by atoms with Crippen LogP contribution in [0.25, 0.3) is 0 Å². The molecule has 0 heterocycles. The molecule has 0 aromatic heterocycles. The standard InChI is InChI=1S/C12H16BrNO2S/c1-17(15,16)11-5-4-9(13)8-10(11)12(14)6-2-3-7-12/h4-5,8H,2-3,6-7,14H2,1H3. The smallest absolute Gasteiger partial charge is 0.175 e. The highest BCUT2D eigenvalue weighted by Gasteiger charge is 2.35. The van der Waals surface area contributed by atoms with Gasteiger partial charge in [-0.1, -0.05) is 28.8 Å². The summed E-state index contributed by atoms with van der Waals surface area (Å²) < 4.78 is 24.5. The quantitative estimate of drug-likeness (QED) is 0.912. The van der Waals surface area contributed by atoms with Gasteiger partial charge in [-0.15, -0.1) is 0 Å². The van der Waals surface area contributed by atoms with Gasteiger partial charge in [-0.05, 0) is 36.6 Å². The van der Waals surface area contributed by atoms with Crippen molar-refractivity contribution >= 4 is 25.8 Å². The Bertz CT molecular complexity index is 533. The summed E-state index contributed by atoms with van der Waals surface area (Å²) in [7, 11) is -3.23. The van der Waals surface area contributed by atoms with Crippen LogP contribution in [0.5, 0.6) is 0 Å². The monoisotopic (exact) mass is 317 g/mol. The van der Waals surface area contributed by atoms with Crippen LogP contribution in [0, 0.1) is 0 Å². The Morgan fingerprint density at radius 2 is 1.88 bits per heavy atom. The van der Waals surface area contributed by atoms with Crippen molar-refractivity contribution in [3.63, 3.8) is 0 Å². The zero-order valence-electron chi connectivity index (χ0n) is 9.74. The van der Waals surface area contributed by atoms with Crippen LogP contribution < -0.4 is 5.73 Å². The van der Waals surface area contributed by atoms with E-state index in [2.05, 4.69) is 15.9 Å². The molecule has 0 spiro atoms. The molecule has 0 saturated heterocycles. The molecule has 0 aliphatic heterocycles. The van der Waals surface area contributed by atoms with E-state index in [0.29, 0.717) is 4.90 Å². The summed E-state index contributed by atoms with van der Waals surface area (Å²) in [5.74, 6) is 0. The Kier molecular flexibility index (Phi) is 3.36. The first-order valence-corrected chi connectivity index (χ1v) is 8.30. The largest absolute Gasteiger partial charge is 0.321 e. The fourth-order valence-corrected chi connectivity index (χ4v) is 3.83. The second kappa shape index (κ2) is 4.37. The molecule has 0 unspecified atom stereocenters. The minimum Gasteiger partial charge on any atom is -0.321 e. The zero-order chi connectivity index (χ0) is 12.7. The molecule has 2 N–H and O–H groups in total. The highest BCUT2D eigenvalue weighted by atomic mass is 79.9. The average Bonchev–Trinajstić information content (AvgIpc) is 2.64. The van der Waals surface area contributed by atoms with Crippen LogP contribution in [0.15, 0.2) is 27.6 Å². The Balaban J connectivity index is 2.63. The van der Waals surface area contributed by atoms with Crippen LogP contribution in [-0.2, 0) is 15.4 Å². The van der Waals surface area contributed by atoms with Crippen molar-refractivity contribution in [2.45, 2.75) is 36.1 Å². The van der Waals surface area contributed by atoms with E-state index in [1.54, 1.807) is 12.1 Å². The lowest BCUT2D eigenvalue weighted by Gasteiger charge is -2.26. The highest BCUT2D eigenvalue weighted by molar-refractivity contribution is 9.10. The lowest BCUT2D eigenvalue weighted by atomic mass is 9.89. The number of rotatable bonds is 2. The van der Waals surface area contributed by atoms with Crippen molar-refractivity contribution in [3.8, 4) is 0 Å². The predicted octanol–water partition coefficient (Wildman–Crippen LogP) is 2.58. The van der Waals surface area contributed by atoms with E-state index >= 15 is 0 Å². The number of halogens is 1. The predicted molar refractivity (Wildman–Crippen MR) is 71.6 cm³/mol. The van der Waals surface area contributed by atoms with Gasteiger partial charge >= 0.3 is 0 Å². The molecule has 1 aliphatic rings. The van der Waals surface area contributed by atoms with Gasteiger partial charge in [0.05, 0.1) is 4.90 Å². The van der Waals surface area contributed by atoms with E-state index in [-0.39, 0.29) is 0 Å². The lowest BCUT2D eigenvalue weighted by molar-refractivity contribution is 0.450. The summed E-state index contributed by atoms with van der Waals surface area (Å²) in [6, 6.07) is 5.24. The van der Waals surface area contributed by atoms with E-state index in [1.807, 2.05) is 6.07 Å². The van der Waals surface area contributed by atoms with E-state index in [1.165, 1.54) is 6.26 Å². The van der Waals surface area contributed by atoms with Crippen LogP contribution in [0.4, 0.5) is 0 Å². The third kappa shape index (κ3) is 2.56. The summed E-state index contributed by atoms with van der Waals surface area (Å²) >= 11 is 3.38. The van der Waals surface area contributed by atoms with Crippen molar-refractivity contribution in [2.24, 2.45) is 5.73 Å². The van der Waals surface area contributed by atoms with E-state index in [4.69, 9.17) is 5.73 Å². The second-order valence-electron chi connectivity index (χ2n) is 4.78. The molecule has 2 rings (SSSR count). The second-order valence-corrected chi connectivity index (χ2v) is 7.68. The fraction of sp³-hybridized carbons (Fsp3) is 0.500. The molecule has 17 heavy (non-hydrogen) atoms. The normalized spacial score (nSPS) is 19.5. The Morgan fingerprint density at radius 3 is 2.41 bits per heavy atom. The number of hydrogen-bond acceptors (Lipinski definition) is 3. The first-order chi connectivity index (χ1) is 7.83. The lowest BCUT2D eigenvalue weighted by Crippen LogP contribution is -2.34. The van der Waals surface area contributed by atoms with E-state index in [9.17, 15) is 8.42 Å². The fourth-order valence-electron chi connectivity index (χ4n) is 2.49. The van der Waals surface area contributed by atoms with Crippen molar-refractivity contribution < 1.29 is 8.42 Å². The average molecular weight is 318 g/mol. The van der Waals surface area contributed by atoms with Gasteiger partial charge in [0, 0.05) is 16.3 Å². The minimum absolute atomic E-state index is 0.366. The van der Waals surface area contributed by atoms with Crippen molar-refractivity contribution in [3.05, 3.63) is 28.2 Å². The maximum Gasteiger partial charge on any atom is 0.175 e. The van der Waals surface area contributed by atoms with Crippen LogP contribution >= 0.6 is 15.9 Å². The Labute approximate surface area is 110 Å². The van der Waals surface area contributed by atoms with E-state index in [0.717, 1.165) is 35.7 Å². The molecular formula is C12H16BrNO2S. The Morgan fingerprint density at radius 1 is 1.29 bits per heavy atom. The topological polar surface area (TPSA) is 60.2 Å². The molecule has 1 fully saturated rings. The minimum atomic E-state index is -3.23. The molecule has 1 aliphatic carbocycles. The van der Waals surface area contributed by atoms with E-state index < -0.39 is 15.4 Å². The molecule has 94 valence electrons. The SMILES string of the molecule is CS(=O)(=O)c1ccc(Br)cc1C1(N)CCCC1. The maximum atomic E-state index is 11.8. The number of hydrogen-bond donors (Lipinski definition) is 1. The zero-order valence-corrected chi connectivity index (χ0v) is 12.1. The van der Waals surface area contributed by atoms with Gasteiger partial charge in [-0.3, -0.25) is 0 Å². The highest BCUT2D eigenvalue weighted by Crippen LogP contribution is 2.40. The molecule has 1 aromatic carbocycles. The molecule has 0 radical (unpaired) electrons. The molecule has 0 bridgehead atoms. The number of benzene rings is 1. The van der Waals surface area contributed by atoms with Crippen molar-refractivity contribution in [1.82, 2.24) is 0 Å². The summed E-state index contributed by atoms with van der Waals surface area (Å²) in [5.41, 5.74) is 6.63. The van der Waals surface area contributed by atoms with Crippen LogP contribution in [-0.4, -0.2) is 14.7 Å². The maximum absolute atomic E-state index is 11.8. The molecule has 5 heteroatoms. The van der Waals surface area contributed by atoms with Gasteiger partial charge in [0.15, 0.2) is 9.84 Å². The van der Waals surface area contributed by atoms with Gasteiger partial charge in [-0.25, -0.2) is 8.42 Å². The molecule has 1 saturated carbocycles. The summed E-state index contributed by atoms with van der Waals surface area (Å²) in [4.78, 5) is 0.366. The summed E-state index contributed by atoms with van der Waals surface area (Å²) in [5, 5.41) is 0. The third-order valence-electron chi connectivity index (χ3n) is 3.37. The number of nitrogens with two attached hydrogens (primary N) is 1. The summed E-state index contributed by atoms with van der Waals surface area (Å²) in [6.07, 6.45) is 5.06. The van der Waals surface area contributed by atoms with Gasteiger partial charge in [-0.2, -0.15) is 0 Å². The van der Waals surface area contributed by atoms with Gasteiger partial charge < -0.3 is 5.73 Å². The third-order valence-corrected chi connectivity index (χ3v) is 5.02. The number of sulfone groups is 1. The van der Waals surface area contributed by atoms with Crippen LogP contribution in [0.3, 0.4) is 0 Å². The van der Waals surface area contributed by atoms with Gasteiger partial charge in [0.1, 0.15) is 0 Å². The molecule has 1 aromatic rings. The van der Waals surface area contributed by atoms with Crippen LogP contribution in [0.1, 0.15) is 31.2 Å². The molecule has 3 nitrogen and oxygen atoms in total. The van der Waals surface area contributed by atoms with Crippen molar-refractivity contribution in [2.75, 3.05) is 6.26 Å². The molecule has 0 atom stereocenters. The molecule has 0 amide bonds. The Hall–Kier alpha value is -0.390. The first-order valence-electron chi connectivity index (χ1n) is 5.62. The van der Waals surface area contributed by atoms with Crippen LogP contribution in [0.2, 0.25) is 0 Å².